The molecule has 0 atom stereocenters. The second-order valence-corrected chi connectivity index (χ2v) is 4.93. The van der Waals surface area contributed by atoms with Crippen LogP contribution in [0.25, 0.3) is 11.3 Å². The quantitative estimate of drug-likeness (QED) is 0.742. The Bertz CT molecular complexity index is 747. The smallest absolute Gasteiger partial charge is 0.216 e. The van der Waals surface area contributed by atoms with E-state index in [-0.39, 0.29) is 0 Å². The standard InChI is InChI=1S/C14H13ClN4O/c1-9-17-10(2)19(18-9)8-14-16-7-13(20-14)11-4-3-5-12(15)6-11/h3-7H,8H2,1-2H3. The van der Waals surface area contributed by atoms with Gasteiger partial charge < -0.3 is 4.42 Å². The Morgan fingerprint density at radius 2 is 2.15 bits per heavy atom. The van der Waals surface area contributed by atoms with Crippen LogP contribution in [0.4, 0.5) is 0 Å². The maximum absolute atomic E-state index is 5.97. The fourth-order valence-corrected chi connectivity index (χ4v) is 2.19. The van der Waals surface area contributed by atoms with Crippen molar-refractivity contribution in [3.05, 3.63) is 53.0 Å². The number of nitrogens with zero attached hydrogens (tertiary/aromatic N) is 4. The Balaban J connectivity index is 1.85. The summed E-state index contributed by atoms with van der Waals surface area (Å²) in [5.41, 5.74) is 0.905. The van der Waals surface area contributed by atoms with Gasteiger partial charge in [0.15, 0.2) is 5.76 Å². The zero-order valence-corrected chi connectivity index (χ0v) is 11.9. The molecule has 2 heterocycles. The molecule has 0 saturated carbocycles. The summed E-state index contributed by atoms with van der Waals surface area (Å²) in [6.07, 6.45) is 1.69. The van der Waals surface area contributed by atoms with E-state index in [0.29, 0.717) is 23.2 Å². The van der Waals surface area contributed by atoms with Gasteiger partial charge in [-0.05, 0) is 26.0 Å². The van der Waals surface area contributed by atoms with Crippen LogP contribution in [0.3, 0.4) is 0 Å². The summed E-state index contributed by atoms with van der Waals surface area (Å²) >= 11 is 5.97. The highest BCUT2D eigenvalue weighted by atomic mass is 35.5. The molecule has 0 unspecified atom stereocenters. The lowest BCUT2D eigenvalue weighted by atomic mass is 10.2. The van der Waals surface area contributed by atoms with E-state index in [1.807, 2.05) is 38.1 Å². The highest BCUT2D eigenvalue weighted by Gasteiger charge is 2.10. The number of oxazole rings is 1. The summed E-state index contributed by atoms with van der Waals surface area (Å²) in [4.78, 5) is 8.52. The fourth-order valence-electron chi connectivity index (χ4n) is 2.00. The number of aryl methyl sites for hydroxylation is 2. The molecule has 1 aromatic carbocycles. The molecule has 0 aliphatic rings. The van der Waals surface area contributed by atoms with Crippen molar-refractivity contribution in [1.29, 1.82) is 0 Å². The van der Waals surface area contributed by atoms with Crippen LogP contribution >= 0.6 is 11.6 Å². The van der Waals surface area contributed by atoms with Crippen LogP contribution < -0.4 is 0 Å². The maximum Gasteiger partial charge on any atom is 0.216 e. The van der Waals surface area contributed by atoms with E-state index in [4.69, 9.17) is 16.0 Å². The third-order valence-electron chi connectivity index (χ3n) is 2.91. The van der Waals surface area contributed by atoms with E-state index in [9.17, 15) is 0 Å². The zero-order chi connectivity index (χ0) is 14.1. The van der Waals surface area contributed by atoms with Crippen molar-refractivity contribution in [2.24, 2.45) is 0 Å². The molecule has 0 spiro atoms. The van der Waals surface area contributed by atoms with Gasteiger partial charge in [0.05, 0.1) is 6.20 Å². The first kappa shape index (κ1) is 12.9. The van der Waals surface area contributed by atoms with E-state index in [1.54, 1.807) is 10.9 Å². The molecule has 5 nitrogen and oxygen atoms in total. The zero-order valence-electron chi connectivity index (χ0n) is 11.2. The van der Waals surface area contributed by atoms with Gasteiger partial charge >= 0.3 is 0 Å². The van der Waals surface area contributed by atoms with Crippen molar-refractivity contribution < 1.29 is 4.42 Å². The molecule has 0 radical (unpaired) electrons. The number of hydrogen-bond donors (Lipinski definition) is 0. The molecule has 0 saturated heterocycles. The first-order valence-electron chi connectivity index (χ1n) is 6.20. The maximum atomic E-state index is 5.97. The predicted molar refractivity (Wildman–Crippen MR) is 75.5 cm³/mol. The normalized spacial score (nSPS) is 10.9. The molecule has 0 amide bonds. The van der Waals surface area contributed by atoms with Crippen LogP contribution in [-0.2, 0) is 6.54 Å². The molecule has 0 aliphatic carbocycles. The number of rotatable bonds is 3. The highest BCUT2D eigenvalue weighted by molar-refractivity contribution is 6.30. The largest absolute Gasteiger partial charge is 0.439 e. The average Bonchev–Trinajstić information content (AvgIpc) is 2.97. The lowest BCUT2D eigenvalue weighted by molar-refractivity contribution is 0.469. The van der Waals surface area contributed by atoms with E-state index in [1.165, 1.54) is 0 Å². The molecule has 3 rings (SSSR count). The number of halogens is 1. The van der Waals surface area contributed by atoms with Gasteiger partial charge in [0.2, 0.25) is 5.89 Å². The Morgan fingerprint density at radius 1 is 1.30 bits per heavy atom. The van der Waals surface area contributed by atoms with Crippen molar-refractivity contribution in [3.8, 4) is 11.3 Å². The molecule has 102 valence electrons. The lowest BCUT2D eigenvalue weighted by Gasteiger charge is -1.99. The van der Waals surface area contributed by atoms with Gasteiger partial charge in [0, 0.05) is 10.6 Å². The monoisotopic (exact) mass is 288 g/mol. The predicted octanol–water partition coefficient (Wildman–Crippen LogP) is 3.25. The van der Waals surface area contributed by atoms with Crippen LogP contribution in [0.2, 0.25) is 5.02 Å². The third kappa shape index (κ3) is 2.58. The molecular weight excluding hydrogens is 276 g/mol. The molecule has 6 heteroatoms. The minimum atomic E-state index is 0.466. The van der Waals surface area contributed by atoms with Crippen LogP contribution in [0.1, 0.15) is 17.5 Å². The van der Waals surface area contributed by atoms with Gasteiger partial charge in [-0.15, -0.1) is 0 Å². The molecule has 0 fully saturated rings. The van der Waals surface area contributed by atoms with Crippen LogP contribution in [0.15, 0.2) is 34.9 Å². The van der Waals surface area contributed by atoms with Crippen LogP contribution in [0.5, 0.6) is 0 Å². The van der Waals surface area contributed by atoms with Gasteiger partial charge in [-0.25, -0.2) is 14.6 Å². The summed E-state index contributed by atoms with van der Waals surface area (Å²) in [5, 5.41) is 4.96. The Hall–Kier alpha value is -2.14. The van der Waals surface area contributed by atoms with Gasteiger partial charge in [-0.2, -0.15) is 5.10 Å². The van der Waals surface area contributed by atoms with E-state index >= 15 is 0 Å². The van der Waals surface area contributed by atoms with Crippen molar-refractivity contribution >= 4 is 11.6 Å². The third-order valence-corrected chi connectivity index (χ3v) is 3.15. The molecule has 0 bridgehead atoms. The van der Waals surface area contributed by atoms with E-state index in [2.05, 4.69) is 15.1 Å². The minimum Gasteiger partial charge on any atom is -0.439 e. The van der Waals surface area contributed by atoms with Gasteiger partial charge in [-0.1, -0.05) is 23.7 Å². The van der Waals surface area contributed by atoms with E-state index < -0.39 is 0 Å². The first-order chi connectivity index (χ1) is 9.61. The number of aromatic nitrogens is 4. The molecule has 0 aliphatic heterocycles. The fraction of sp³-hybridized carbons (Fsp3) is 0.214. The second kappa shape index (κ2) is 5.09. The average molecular weight is 289 g/mol. The Labute approximate surface area is 121 Å². The SMILES string of the molecule is Cc1nc(C)n(Cc2ncc(-c3cccc(Cl)c3)o2)n1. The van der Waals surface area contributed by atoms with Crippen molar-refractivity contribution in [2.45, 2.75) is 20.4 Å². The molecule has 2 aromatic heterocycles. The van der Waals surface area contributed by atoms with Gasteiger partial charge in [-0.3, -0.25) is 0 Å². The first-order valence-corrected chi connectivity index (χ1v) is 6.58. The second-order valence-electron chi connectivity index (χ2n) is 4.49. The van der Waals surface area contributed by atoms with Crippen molar-refractivity contribution in [1.82, 2.24) is 19.7 Å². The van der Waals surface area contributed by atoms with E-state index in [0.717, 1.165) is 17.2 Å². The molecule has 3 aromatic rings. The summed E-state index contributed by atoms with van der Waals surface area (Å²) in [6, 6.07) is 7.48. The van der Waals surface area contributed by atoms with Gasteiger partial charge in [0.25, 0.3) is 0 Å². The van der Waals surface area contributed by atoms with Crippen molar-refractivity contribution in [2.75, 3.05) is 0 Å². The van der Waals surface area contributed by atoms with Gasteiger partial charge in [0.1, 0.15) is 18.2 Å². The van der Waals surface area contributed by atoms with Crippen molar-refractivity contribution in [3.63, 3.8) is 0 Å². The molecular formula is C14H13ClN4O. The summed E-state index contributed by atoms with van der Waals surface area (Å²) in [6.45, 7) is 4.23. The van der Waals surface area contributed by atoms with Crippen LogP contribution in [-0.4, -0.2) is 19.7 Å². The lowest BCUT2D eigenvalue weighted by Crippen LogP contribution is -2.04. The highest BCUT2D eigenvalue weighted by Crippen LogP contribution is 2.23. The Morgan fingerprint density at radius 3 is 2.85 bits per heavy atom. The summed E-state index contributed by atoms with van der Waals surface area (Å²) in [5.74, 6) is 2.86. The molecule has 0 N–H and O–H groups in total. The topological polar surface area (TPSA) is 56.7 Å². The van der Waals surface area contributed by atoms with Crippen LogP contribution in [0, 0.1) is 13.8 Å². The minimum absolute atomic E-state index is 0.466. The Kier molecular flexibility index (Phi) is 3.28. The number of benzene rings is 1. The summed E-state index contributed by atoms with van der Waals surface area (Å²) < 4.78 is 7.50. The number of hydrogen-bond acceptors (Lipinski definition) is 4. The summed E-state index contributed by atoms with van der Waals surface area (Å²) in [7, 11) is 0. The molecule has 20 heavy (non-hydrogen) atoms.